The van der Waals surface area contributed by atoms with Crippen molar-refractivity contribution in [1.29, 1.82) is 0 Å². The second kappa shape index (κ2) is 4.03. The summed E-state index contributed by atoms with van der Waals surface area (Å²) >= 11 is 0. The van der Waals surface area contributed by atoms with Gasteiger partial charge in [0, 0.05) is 4.57 Å². The minimum Gasteiger partial charge on any atom is -0.228 e. The number of para-hydroxylation sites is 1. The van der Waals surface area contributed by atoms with Crippen molar-refractivity contribution in [3.63, 3.8) is 0 Å². The minimum atomic E-state index is -2.23. The Labute approximate surface area is 64.8 Å². The maximum atomic E-state index is 10.6. The summed E-state index contributed by atoms with van der Waals surface area (Å²) in [7, 11) is -2.23. The first-order valence-corrected chi connectivity index (χ1v) is 3.99. The van der Waals surface area contributed by atoms with E-state index in [1.165, 1.54) is 0 Å². The number of hydrogen-bond donors (Lipinski definition) is 1. The molecule has 0 amide bonds. The average molecular weight is 172 g/mol. The van der Waals surface area contributed by atoms with Crippen molar-refractivity contribution >= 4 is 8.25 Å². The Bertz CT molecular complexity index is 239. The van der Waals surface area contributed by atoms with Gasteiger partial charge in [-0.15, -0.1) is 0 Å². The summed E-state index contributed by atoms with van der Waals surface area (Å²) in [5.74, 6) is 5.08. The third kappa shape index (κ3) is 2.63. The van der Waals surface area contributed by atoms with E-state index in [9.17, 15) is 4.57 Å². The van der Waals surface area contributed by atoms with Gasteiger partial charge in [-0.05, 0) is 16.8 Å². The van der Waals surface area contributed by atoms with Crippen LogP contribution in [0.1, 0.15) is 0 Å². The molecule has 0 saturated heterocycles. The van der Waals surface area contributed by atoms with Gasteiger partial charge in [0.15, 0.2) is 5.75 Å². The molecule has 0 spiro atoms. The molecule has 1 unspecified atom stereocenters. The zero-order valence-corrected chi connectivity index (χ0v) is 6.53. The third-order valence-corrected chi connectivity index (χ3v) is 1.54. The zero-order chi connectivity index (χ0) is 8.10. The number of nitrogens with two attached hydrogens (primary N) is 1. The Balaban J connectivity index is 2.58. The quantitative estimate of drug-likeness (QED) is 0.555. The summed E-state index contributed by atoms with van der Waals surface area (Å²) in [6.45, 7) is 0. The number of rotatable bonds is 3. The predicted octanol–water partition coefficient (Wildman–Crippen LogP) is 1.61. The lowest BCUT2D eigenvalue weighted by molar-refractivity contribution is 0.297. The van der Waals surface area contributed by atoms with Gasteiger partial charge in [-0.3, -0.25) is 0 Å². The molecule has 0 radical (unpaired) electrons. The van der Waals surface area contributed by atoms with E-state index in [0.29, 0.717) is 5.75 Å². The Kier molecular flexibility index (Phi) is 2.98. The standard InChI is InChI=1S/C6H7NO3P/c7-10-11(8)9-6-4-2-1-3-5-6/h1-5H,7H2/q+1. The van der Waals surface area contributed by atoms with Crippen LogP contribution in [-0.2, 0) is 9.19 Å². The van der Waals surface area contributed by atoms with Gasteiger partial charge in [-0.2, -0.15) is 5.90 Å². The van der Waals surface area contributed by atoms with E-state index in [-0.39, 0.29) is 0 Å². The van der Waals surface area contributed by atoms with Gasteiger partial charge in [0.25, 0.3) is 0 Å². The molecule has 4 nitrogen and oxygen atoms in total. The van der Waals surface area contributed by atoms with Crippen molar-refractivity contribution in [2.24, 2.45) is 5.90 Å². The zero-order valence-electron chi connectivity index (χ0n) is 5.64. The van der Waals surface area contributed by atoms with E-state index < -0.39 is 8.25 Å². The van der Waals surface area contributed by atoms with Gasteiger partial charge >= 0.3 is 8.25 Å². The Hall–Kier alpha value is -0.960. The van der Waals surface area contributed by atoms with E-state index in [1.807, 2.05) is 6.07 Å². The fourth-order valence-electron chi connectivity index (χ4n) is 0.589. The molecule has 0 aliphatic carbocycles. The van der Waals surface area contributed by atoms with Crippen LogP contribution >= 0.6 is 8.25 Å². The lowest BCUT2D eigenvalue weighted by Crippen LogP contribution is -1.91. The Morgan fingerprint density at radius 3 is 2.45 bits per heavy atom. The summed E-state index contributed by atoms with van der Waals surface area (Å²) in [6, 6.07) is 8.66. The lowest BCUT2D eigenvalue weighted by atomic mass is 10.3. The van der Waals surface area contributed by atoms with E-state index >= 15 is 0 Å². The van der Waals surface area contributed by atoms with Crippen molar-refractivity contribution in [2.45, 2.75) is 0 Å². The maximum absolute atomic E-state index is 10.6. The predicted molar refractivity (Wildman–Crippen MR) is 39.9 cm³/mol. The van der Waals surface area contributed by atoms with Crippen LogP contribution < -0.4 is 10.4 Å². The fraction of sp³-hybridized carbons (Fsp3) is 0. The first-order chi connectivity index (χ1) is 5.33. The van der Waals surface area contributed by atoms with Gasteiger partial charge in [0.05, 0.1) is 0 Å². The fourth-order valence-corrected chi connectivity index (χ4v) is 0.926. The van der Waals surface area contributed by atoms with Gasteiger partial charge in [0.2, 0.25) is 0 Å². The molecule has 0 fully saturated rings. The van der Waals surface area contributed by atoms with E-state index in [4.69, 9.17) is 4.52 Å². The van der Waals surface area contributed by atoms with Gasteiger partial charge in [-0.25, -0.2) is 4.52 Å². The van der Waals surface area contributed by atoms with Gasteiger partial charge in [0.1, 0.15) is 0 Å². The lowest BCUT2D eigenvalue weighted by Gasteiger charge is -1.87. The number of benzene rings is 1. The highest BCUT2D eigenvalue weighted by atomic mass is 31.1. The SMILES string of the molecule is NO[P+](=O)Oc1ccccc1. The van der Waals surface area contributed by atoms with Gasteiger partial charge < -0.3 is 0 Å². The van der Waals surface area contributed by atoms with Crippen LogP contribution in [-0.4, -0.2) is 0 Å². The molecule has 1 rings (SSSR count). The van der Waals surface area contributed by atoms with Crippen LogP contribution in [0.5, 0.6) is 5.75 Å². The molecule has 2 N–H and O–H groups in total. The molecule has 11 heavy (non-hydrogen) atoms. The molecule has 0 aliphatic heterocycles. The normalized spacial score (nSPS) is 10.8. The highest BCUT2D eigenvalue weighted by Gasteiger charge is 2.19. The second-order valence-electron chi connectivity index (χ2n) is 1.73. The van der Waals surface area contributed by atoms with Crippen LogP contribution in [0.2, 0.25) is 0 Å². The molecule has 0 saturated carbocycles. The smallest absolute Gasteiger partial charge is 0.228 e. The summed E-state index contributed by atoms with van der Waals surface area (Å²) in [5, 5.41) is 0. The Morgan fingerprint density at radius 2 is 1.91 bits per heavy atom. The van der Waals surface area contributed by atoms with Crippen LogP contribution in [0.3, 0.4) is 0 Å². The van der Waals surface area contributed by atoms with Crippen LogP contribution in [0.25, 0.3) is 0 Å². The highest BCUT2D eigenvalue weighted by molar-refractivity contribution is 7.33. The summed E-state index contributed by atoms with van der Waals surface area (Å²) in [6.07, 6.45) is 0. The molecule has 1 aromatic rings. The molecule has 1 aromatic carbocycles. The summed E-state index contributed by atoms with van der Waals surface area (Å²) < 4.78 is 19.2. The minimum absolute atomic E-state index is 0.471. The largest absolute Gasteiger partial charge is 0.769 e. The van der Waals surface area contributed by atoms with E-state index in [1.54, 1.807) is 24.3 Å². The van der Waals surface area contributed by atoms with Crippen LogP contribution in [0, 0.1) is 0 Å². The van der Waals surface area contributed by atoms with Gasteiger partial charge in [-0.1, -0.05) is 18.2 Å². The molecule has 58 valence electrons. The molecule has 5 heteroatoms. The summed E-state index contributed by atoms with van der Waals surface area (Å²) in [5.41, 5.74) is 0. The van der Waals surface area contributed by atoms with Crippen LogP contribution in [0.4, 0.5) is 0 Å². The van der Waals surface area contributed by atoms with Crippen molar-refractivity contribution < 1.29 is 13.7 Å². The molecule has 0 aromatic heterocycles. The molecular formula is C6H7NO3P+. The highest BCUT2D eigenvalue weighted by Crippen LogP contribution is 2.24. The molecule has 1 atom stereocenters. The molecule has 0 heterocycles. The average Bonchev–Trinajstić information content (AvgIpc) is 2.06. The molecular weight excluding hydrogens is 165 g/mol. The van der Waals surface area contributed by atoms with Crippen LogP contribution in [0.15, 0.2) is 30.3 Å². The first kappa shape index (κ1) is 8.14. The second-order valence-corrected chi connectivity index (χ2v) is 2.57. The van der Waals surface area contributed by atoms with Crippen molar-refractivity contribution in [1.82, 2.24) is 0 Å². The topological polar surface area (TPSA) is 61.5 Å². The third-order valence-electron chi connectivity index (χ3n) is 1.01. The van der Waals surface area contributed by atoms with Crippen molar-refractivity contribution in [3.05, 3.63) is 30.3 Å². The maximum Gasteiger partial charge on any atom is 0.769 e. The Morgan fingerprint density at radius 1 is 1.27 bits per heavy atom. The summed E-state index contributed by atoms with van der Waals surface area (Å²) in [4.78, 5) is 0. The van der Waals surface area contributed by atoms with E-state index in [2.05, 4.69) is 10.5 Å². The molecule has 0 bridgehead atoms. The monoisotopic (exact) mass is 172 g/mol. The molecule has 0 aliphatic rings. The van der Waals surface area contributed by atoms with Crippen molar-refractivity contribution in [3.8, 4) is 5.75 Å². The van der Waals surface area contributed by atoms with E-state index in [0.717, 1.165) is 0 Å². The van der Waals surface area contributed by atoms with Crippen molar-refractivity contribution in [2.75, 3.05) is 0 Å². The number of hydrogen-bond acceptors (Lipinski definition) is 4. The first-order valence-electron chi connectivity index (χ1n) is 2.90.